The first-order valence-electron chi connectivity index (χ1n) is 7.61. The number of sulfonamides is 1. The van der Waals surface area contributed by atoms with Crippen LogP contribution in [0.4, 0.5) is 5.69 Å². The molecule has 0 N–H and O–H groups in total. The van der Waals surface area contributed by atoms with Crippen LogP contribution in [-0.2, 0) is 14.8 Å². The maximum Gasteiger partial charge on any atom is 0.243 e. The summed E-state index contributed by atoms with van der Waals surface area (Å²) < 4.78 is 25.3. The molecular weight excluding hydrogens is 300 g/mol. The van der Waals surface area contributed by atoms with Crippen LogP contribution in [-0.4, -0.2) is 45.1 Å². The highest BCUT2D eigenvalue weighted by molar-refractivity contribution is 7.92. The molecule has 0 fully saturated rings. The lowest BCUT2D eigenvalue weighted by Crippen LogP contribution is -2.43. The SMILES string of the molecule is CCCN(CCC)C(=O)CN(c1cccc(C)c1)S(C)(=O)=O. The third-order valence-corrected chi connectivity index (χ3v) is 4.45. The van der Waals surface area contributed by atoms with Gasteiger partial charge in [0.25, 0.3) is 0 Å². The number of aryl methyl sites for hydroxylation is 1. The summed E-state index contributed by atoms with van der Waals surface area (Å²) >= 11 is 0. The molecule has 124 valence electrons. The summed E-state index contributed by atoms with van der Waals surface area (Å²) in [5.74, 6) is -0.157. The van der Waals surface area contributed by atoms with E-state index in [-0.39, 0.29) is 12.5 Å². The van der Waals surface area contributed by atoms with Crippen LogP contribution in [0.15, 0.2) is 24.3 Å². The van der Waals surface area contributed by atoms with Crippen LogP contribution in [0, 0.1) is 6.92 Å². The van der Waals surface area contributed by atoms with Crippen LogP contribution in [0.3, 0.4) is 0 Å². The van der Waals surface area contributed by atoms with Gasteiger partial charge in [0.15, 0.2) is 0 Å². The zero-order valence-electron chi connectivity index (χ0n) is 13.9. The van der Waals surface area contributed by atoms with Gasteiger partial charge in [-0.3, -0.25) is 9.10 Å². The third kappa shape index (κ3) is 5.33. The molecule has 0 saturated carbocycles. The molecular formula is C16H26N2O3S. The predicted octanol–water partition coefficient (Wildman–Crippen LogP) is 2.41. The molecule has 0 bridgehead atoms. The first kappa shape index (κ1) is 18.5. The van der Waals surface area contributed by atoms with Gasteiger partial charge in [0, 0.05) is 13.1 Å². The van der Waals surface area contributed by atoms with E-state index < -0.39 is 10.0 Å². The number of nitrogens with zero attached hydrogens (tertiary/aromatic N) is 2. The van der Waals surface area contributed by atoms with Crippen molar-refractivity contribution < 1.29 is 13.2 Å². The first-order chi connectivity index (χ1) is 10.3. The van der Waals surface area contributed by atoms with E-state index in [0.29, 0.717) is 18.8 Å². The standard InChI is InChI=1S/C16H26N2O3S/c1-5-10-17(11-6-2)16(19)13-18(22(4,20)21)15-9-7-8-14(3)12-15/h7-9,12H,5-6,10-11,13H2,1-4H3. The monoisotopic (exact) mass is 326 g/mol. The summed E-state index contributed by atoms with van der Waals surface area (Å²) in [5.41, 5.74) is 1.49. The number of hydrogen-bond donors (Lipinski definition) is 0. The van der Waals surface area contributed by atoms with Gasteiger partial charge >= 0.3 is 0 Å². The Balaban J connectivity index is 3.02. The lowest BCUT2D eigenvalue weighted by molar-refractivity contribution is -0.129. The van der Waals surface area contributed by atoms with Gasteiger partial charge < -0.3 is 4.90 Å². The maximum absolute atomic E-state index is 12.5. The summed E-state index contributed by atoms with van der Waals surface area (Å²) in [6, 6.07) is 7.18. The molecule has 0 aliphatic heterocycles. The molecule has 5 nitrogen and oxygen atoms in total. The Morgan fingerprint density at radius 2 is 1.73 bits per heavy atom. The van der Waals surface area contributed by atoms with Crippen molar-refractivity contribution in [2.75, 3.05) is 30.2 Å². The van der Waals surface area contributed by atoms with Gasteiger partial charge in [0.2, 0.25) is 15.9 Å². The van der Waals surface area contributed by atoms with Gasteiger partial charge in [0.1, 0.15) is 6.54 Å². The normalized spacial score (nSPS) is 11.3. The molecule has 0 aliphatic carbocycles. The fraction of sp³-hybridized carbons (Fsp3) is 0.562. The number of anilines is 1. The summed E-state index contributed by atoms with van der Waals surface area (Å²) in [7, 11) is -3.51. The average molecular weight is 326 g/mol. The fourth-order valence-corrected chi connectivity index (χ4v) is 3.15. The smallest absolute Gasteiger partial charge is 0.243 e. The number of amides is 1. The molecule has 0 heterocycles. The van der Waals surface area contributed by atoms with Crippen molar-refractivity contribution >= 4 is 21.6 Å². The predicted molar refractivity (Wildman–Crippen MR) is 90.5 cm³/mol. The summed E-state index contributed by atoms with van der Waals surface area (Å²) in [4.78, 5) is 14.2. The third-order valence-electron chi connectivity index (χ3n) is 3.31. The van der Waals surface area contributed by atoms with Crippen molar-refractivity contribution in [1.82, 2.24) is 4.90 Å². The van der Waals surface area contributed by atoms with Crippen molar-refractivity contribution in [3.05, 3.63) is 29.8 Å². The lowest BCUT2D eigenvalue weighted by Gasteiger charge is -2.27. The summed E-state index contributed by atoms with van der Waals surface area (Å²) in [5, 5.41) is 0. The number of benzene rings is 1. The zero-order chi connectivity index (χ0) is 16.8. The highest BCUT2D eigenvalue weighted by Gasteiger charge is 2.23. The van der Waals surface area contributed by atoms with E-state index in [9.17, 15) is 13.2 Å². The molecule has 22 heavy (non-hydrogen) atoms. The number of hydrogen-bond acceptors (Lipinski definition) is 3. The van der Waals surface area contributed by atoms with Crippen LogP contribution < -0.4 is 4.31 Å². The summed E-state index contributed by atoms with van der Waals surface area (Å²) in [6.45, 7) is 7.06. The molecule has 0 aromatic heterocycles. The van der Waals surface area contributed by atoms with E-state index in [4.69, 9.17) is 0 Å². The van der Waals surface area contributed by atoms with Crippen LogP contribution in [0.25, 0.3) is 0 Å². The minimum Gasteiger partial charge on any atom is -0.341 e. The van der Waals surface area contributed by atoms with Gasteiger partial charge in [-0.05, 0) is 37.5 Å². The molecule has 0 spiro atoms. The Morgan fingerprint density at radius 1 is 1.14 bits per heavy atom. The van der Waals surface area contributed by atoms with E-state index in [1.54, 1.807) is 23.1 Å². The van der Waals surface area contributed by atoms with E-state index in [0.717, 1.165) is 24.7 Å². The molecule has 0 aliphatic rings. The zero-order valence-corrected chi connectivity index (χ0v) is 14.7. The Labute approximate surface area is 134 Å². The Morgan fingerprint density at radius 3 is 2.18 bits per heavy atom. The molecule has 6 heteroatoms. The second kappa shape index (κ2) is 8.17. The number of rotatable bonds is 8. The minimum absolute atomic E-state index is 0.151. The van der Waals surface area contributed by atoms with Gasteiger partial charge in [-0.2, -0.15) is 0 Å². The van der Waals surface area contributed by atoms with Crippen LogP contribution in [0.5, 0.6) is 0 Å². The van der Waals surface area contributed by atoms with Gasteiger partial charge in [0.05, 0.1) is 11.9 Å². The van der Waals surface area contributed by atoms with Crippen molar-refractivity contribution in [1.29, 1.82) is 0 Å². The molecule has 1 amide bonds. The van der Waals surface area contributed by atoms with Crippen molar-refractivity contribution in [2.24, 2.45) is 0 Å². The van der Waals surface area contributed by atoms with E-state index >= 15 is 0 Å². The van der Waals surface area contributed by atoms with Crippen LogP contribution in [0.1, 0.15) is 32.3 Å². The molecule has 0 saturated heterocycles. The molecule has 0 atom stereocenters. The topological polar surface area (TPSA) is 57.7 Å². The van der Waals surface area contributed by atoms with Crippen molar-refractivity contribution in [3.63, 3.8) is 0 Å². The summed E-state index contributed by atoms with van der Waals surface area (Å²) in [6.07, 6.45) is 2.84. The Kier molecular flexibility index (Phi) is 6.87. The largest absolute Gasteiger partial charge is 0.341 e. The van der Waals surface area contributed by atoms with E-state index in [2.05, 4.69) is 0 Å². The molecule has 1 rings (SSSR count). The van der Waals surface area contributed by atoms with E-state index in [1.165, 1.54) is 4.31 Å². The van der Waals surface area contributed by atoms with Crippen LogP contribution in [0.2, 0.25) is 0 Å². The van der Waals surface area contributed by atoms with Gasteiger partial charge in [-0.1, -0.05) is 26.0 Å². The average Bonchev–Trinajstić information content (AvgIpc) is 2.43. The van der Waals surface area contributed by atoms with Crippen molar-refractivity contribution in [2.45, 2.75) is 33.6 Å². The lowest BCUT2D eigenvalue weighted by atomic mass is 10.2. The highest BCUT2D eigenvalue weighted by atomic mass is 32.2. The van der Waals surface area contributed by atoms with Crippen LogP contribution >= 0.6 is 0 Å². The minimum atomic E-state index is -3.51. The maximum atomic E-state index is 12.5. The molecule has 0 unspecified atom stereocenters. The fourth-order valence-electron chi connectivity index (χ4n) is 2.31. The Hall–Kier alpha value is -1.56. The van der Waals surface area contributed by atoms with Gasteiger partial charge in [-0.25, -0.2) is 8.42 Å². The Bertz CT molecular complexity index is 593. The molecule has 0 radical (unpaired) electrons. The second-order valence-electron chi connectivity index (χ2n) is 5.49. The highest BCUT2D eigenvalue weighted by Crippen LogP contribution is 2.19. The number of carbonyl (C=O) groups excluding carboxylic acids is 1. The van der Waals surface area contributed by atoms with E-state index in [1.807, 2.05) is 26.8 Å². The first-order valence-corrected chi connectivity index (χ1v) is 9.46. The van der Waals surface area contributed by atoms with Crippen molar-refractivity contribution in [3.8, 4) is 0 Å². The quantitative estimate of drug-likeness (QED) is 0.737. The molecule has 1 aromatic carbocycles. The number of carbonyl (C=O) groups is 1. The second-order valence-corrected chi connectivity index (χ2v) is 7.40. The molecule has 1 aromatic rings. The van der Waals surface area contributed by atoms with Gasteiger partial charge in [-0.15, -0.1) is 0 Å².